The number of pyridine rings is 2. The number of nitrogens with one attached hydrogen (secondary N) is 2. The molecule has 13 nitrogen and oxygen atoms in total. The number of aryl methyl sites for hydroxylation is 2. The van der Waals surface area contributed by atoms with E-state index in [-0.39, 0.29) is 13.0 Å². The van der Waals surface area contributed by atoms with E-state index < -0.39 is 68.2 Å². The molecule has 1 saturated heterocycles. The second-order valence-corrected chi connectivity index (χ2v) is 17.4. The number of carbonyl (C=O) groups is 3. The minimum atomic E-state index is -4.01. The van der Waals surface area contributed by atoms with Crippen LogP contribution in [0.5, 0.6) is 11.6 Å². The fourth-order valence-corrected chi connectivity index (χ4v) is 8.48. The Kier molecular flexibility index (Phi) is 9.75. The summed E-state index contributed by atoms with van der Waals surface area (Å²) in [6.07, 6.45) is 3.99. The molecule has 52 heavy (non-hydrogen) atoms. The molecule has 2 aliphatic carbocycles. The fraction of sp³-hybridized carbons (Fsp3) is 0.500. The molecule has 1 aromatic carbocycles. The van der Waals surface area contributed by atoms with Gasteiger partial charge in [0, 0.05) is 35.7 Å². The summed E-state index contributed by atoms with van der Waals surface area (Å²) in [6, 6.07) is 8.98. The second-order valence-electron chi connectivity index (χ2n) is 15.4. The van der Waals surface area contributed by atoms with Crippen molar-refractivity contribution in [1.82, 2.24) is 24.5 Å². The van der Waals surface area contributed by atoms with Gasteiger partial charge in [0.2, 0.25) is 15.9 Å². The third-order valence-corrected chi connectivity index (χ3v) is 12.0. The lowest BCUT2D eigenvalue weighted by atomic mass is 9.85. The van der Waals surface area contributed by atoms with Gasteiger partial charge in [-0.3, -0.25) is 14.3 Å². The first-order chi connectivity index (χ1) is 24.5. The third-order valence-electron chi connectivity index (χ3n) is 10.2. The van der Waals surface area contributed by atoms with Gasteiger partial charge in [-0.1, -0.05) is 26.8 Å². The predicted octanol–water partition coefficient (Wildman–Crippen LogP) is 5.13. The fourth-order valence-electron chi connectivity index (χ4n) is 7.13. The highest BCUT2D eigenvalue weighted by atomic mass is 32.2. The zero-order chi connectivity index (χ0) is 37.7. The first kappa shape index (κ1) is 37.1. The summed E-state index contributed by atoms with van der Waals surface area (Å²) in [5.74, 6) is -0.740. The molecule has 1 aliphatic heterocycles. The number of benzene rings is 1. The van der Waals surface area contributed by atoms with Crippen LogP contribution in [0, 0.1) is 25.2 Å². The number of sulfonamides is 1. The van der Waals surface area contributed by atoms with E-state index in [1.165, 1.54) is 11.0 Å². The molecule has 2 N–H and O–H groups in total. The molecule has 0 bridgehead atoms. The maximum Gasteiger partial charge on any atom is 0.328 e. The van der Waals surface area contributed by atoms with Gasteiger partial charge in [0.05, 0.1) is 18.9 Å². The number of hydrogen-bond donors (Lipinski definition) is 2. The maximum atomic E-state index is 15.1. The lowest BCUT2D eigenvalue weighted by Gasteiger charge is -2.40. The molecule has 3 aromatic rings. The van der Waals surface area contributed by atoms with Gasteiger partial charge in [0.1, 0.15) is 29.3 Å². The summed E-state index contributed by atoms with van der Waals surface area (Å²) in [5.41, 5.74) is -0.929. The first-order valence-corrected chi connectivity index (χ1v) is 19.2. The maximum absolute atomic E-state index is 15.1. The van der Waals surface area contributed by atoms with Crippen molar-refractivity contribution in [2.24, 2.45) is 11.3 Å². The van der Waals surface area contributed by atoms with Gasteiger partial charge in [-0.2, -0.15) is 0 Å². The van der Waals surface area contributed by atoms with Gasteiger partial charge >= 0.3 is 6.03 Å². The minimum absolute atomic E-state index is 0.0319. The molecule has 4 amide bonds. The monoisotopic (exact) mass is 732 g/mol. The van der Waals surface area contributed by atoms with E-state index >= 15 is 4.79 Å². The predicted molar refractivity (Wildman–Crippen MR) is 197 cm³/mol. The van der Waals surface area contributed by atoms with Crippen molar-refractivity contribution in [1.29, 1.82) is 0 Å². The Labute approximate surface area is 305 Å². The van der Waals surface area contributed by atoms with Crippen LogP contribution in [-0.4, -0.2) is 88.7 Å². The number of carbonyl (C=O) groups excluding carboxylic acids is 3. The summed E-state index contributed by atoms with van der Waals surface area (Å²) < 4.78 is 40.2. The molecule has 3 aliphatic rings. The molecule has 6 rings (SSSR count). The van der Waals surface area contributed by atoms with E-state index in [4.69, 9.17) is 9.47 Å². The first-order valence-electron chi connectivity index (χ1n) is 17.6. The number of amides is 4. The number of urea groups is 1. The Balaban J connectivity index is 1.36. The van der Waals surface area contributed by atoms with Crippen molar-refractivity contribution in [3.05, 3.63) is 66.5 Å². The van der Waals surface area contributed by atoms with E-state index in [1.807, 2.05) is 71.9 Å². The van der Waals surface area contributed by atoms with E-state index in [1.54, 1.807) is 19.4 Å². The topological polar surface area (TPSA) is 160 Å². The number of ether oxygens (including phenoxy) is 2. The second kappa shape index (κ2) is 13.7. The number of imide groups is 1. The van der Waals surface area contributed by atoms with E-state index in [2.05, 4.69) is 26.6 Å². The standard InChI is InChI=1S/C38H48N6O7S/c1-9-26-20-38(26,35(46)42-52(48,49)29-11-12-29)44(34(45)32(37(5,6)7)41-31-17-22(2)16-23(3)40-31)36(47)43-21-28(18-24(43)4)51-33-30-13-10-27(50-8)19-25(30)14-15-39-33/h9-10,13-17,19,24,26,28-29,32H,1,11-12,18,20-21H2,2-8H3,(H,40,41)(H,42,46)/t24?,26-,28-,32-,38-/m1/s1. The minimum Gasteiger partial charge on any atom is -0.497 e. The highest BCUT2D eigenvalue weighted by Gasteiger charge is 2.68. The van der Waals surface area contributed by atoms with E-state index in [9.17, 15) is 18.0 Å². The van der Waals surface area contributed by atoms with Crippen LogP contribution < -0.4 is 19.5 Å². The van der Waals surface area contributed by atoms with Gasteiger partial charge in [0.25, 0.3) is 11.8 Å². The molecule has 5 atom stereocenters. The summed E-state index contributed by atoms with van der Waals surface area (Å²) in [6.45, 7) is 15.2. The number of rotatable bonds is 11. The van der Waals surface area contributed by atoms with Crippen molar-refractivity contribution in [3.8, 4) is 11.6 Å². The van der Waals surface area contributed by atoms with Crippen LogP contribution in [0.4, 0.5) is 10.6 Å². The summed E-state index contributed by atoms with van der Waals surface area (Å²) in [7, 11) is -2.41. The van der Waals surface area contributed by atoms with Gasteiger partial charge in [-0.25, -0.2) is 28.1 Å². The molecule has 278 valence electrons. The van der Waals surface area contributed by atoms with Crippen molar-refractivity contribution in [2.45, 2.75) is 96.2 Å². The summed E-state index contributed by atoms with van der Waals surface area (Å²) in [4.78, 5) is 55.8. The van der Waals surface area contributed by atoms with Crippen LogP contribution in [0.25, 0.3) is 10.8 Å². The number of fused-ring (bicyclic) bond motifs is 1. The molecular formula is C38H48N6O7S. The highest BCUT2D eigenvalue weighted by Crippen LogP contribution is 2.51. The molecule has 3 fully saturated rings. The SMILES string of the molecule is C=C[C@@H]1C[C@@]1(C(=O)NS(=O)(=O)C1CC1)N(C(=O)[C@@H](Nc1cc(C)cc(C)n1)C(C)(C)C)C(=O)N1C[C@H](Oc2nccc3cc(OC)ccc23)CC1C. The van der Waals surface area contributed by atoms with Gasteiger partial charge < -0.3 is 19.7 Å². The lowest BCUT2D eigenvalue weighted by molar-refractivity contribution is -0.141. The van der Waals surface area contributed by atoms with Crippen LogP contribution in [0.3, 0.4) is 0 Å². The normalized spacial score (nSPS) is 23.4. The smallest absolute Gasteiger partial charge is 0.328 e. The van der Waals surface area contributed by atoms with Gasteiger partial charge in [-0.15, -0.1) is 6.58 Å². The molecule has 0 radical (unpaired) electrons. The number of aromatic nitrogens is 2. The van der Waals surface area contributed by atoms with Crippen molar-refractivity contribution >= 4 is 44.5 Å². The Morgan fingerprint density at radius 3 is 2.48 bits per heavy atom. The molecule has 14 heteroatoms. The zero-order valence-electron chi connectivity index (χ0n) is 30.8. The number of methoxy groups -OCH3 is 1. The van der Waals surface area contributed by atoms with Crippen LogP contribution in [0.15, 0.2) is 55.3 Å². The highest BCUT2D eigenvalue weighted by molar-refractivity contribution is 7.91. The molecule has 2 aromatic heterocycles. The third kappa shape index (κ3) is 7.17. The van der Waals surface area contributed by atoms with Crippen molar-refractivity contribution in [2.75, 3.05) is 19.0 Å². The average Bonchev–Trinajstić information content (AvgIpc) is 4.00. The number of anilines is 1. The van der Waals surface area contributed by atoms with E-state index in [0.717, 1.165) is 26.9 Å². The van der Waals surface area contributed by atoms with Crippen molar-refractivity contribution < 1.29 is 32.3 Å². The number of nitrogens with zero attached hydrogens (tertiary/aromatic N) is 4. The number of hydrogen-bond acceptors (Lipinski definition) is 10. The summed E-state index contributed by atoms with van der Waals surface area (Å²) in [5, 5.41) is 4.22. The van der Waals surface area contributed by atoms with E-state index in [0.29, 0.717) is 36.7 Å². The molecule has 3 heterocycles. The average molecular weight is 733 g/mol. The Morgan fingerprint density at radius 2 is 1.87 bits per heavy atom. The molecular weight excluding hydrogens is 685 g/mol. The lowest BCUT2D eigenvalue weighted by Crippen LogP contribution is -2.64. The van der Waals surface area contributed by atoms with Crippen LogP contribution in [0.1, 0.15) is 64.6 Å². The molecule has 0 spiro atoms. The van der Waals surface area contributed by atoms with Crippen LogP contribution in [-0.2, 0) is 19.6 Å². The number of likely N-dealkylation sites (tertiary alicyclic amines) is 1. The van der Waals surface area contributed by atoms with Gasteiger partial charge in [-0.05, 0) is 92.8 Å². The summed E-state index contributed by atoms with van der Waals surface area (Å²) >= 11 is 0. The Bertz CT molecular complexity index is 2010. The van der Waals surface area contributed by atoms with Crippen LogP contribution >= 0.6 is 0 Å². The zero-order valence-corrected chi connectivity index (χ0v) is 31.6. The largest absolute Gasteiger partial charge is 0.497 e. The van der Waals surface area contributed by atoms with Crippen LogP contribution in [0.2, 0.25) is 0 Å². The Hall–Kier alpha value is -4.72. The Morgan fingerprint density at radius 1 is 1.13 bits per heavy atom. The quantitative estimate of drug-likeness (QED) is 0.253. The molecule has 1 unspecified atom stereocenters. The van der Waals surface area contributed by atoms with Gasteiger partial charge in [0.15, 0.2) is 0 Å². The molecule has 2 saturated carbocycles. The van der Waals surface area contributed by atoms with Crippen molar-refractivity contribution in [3.63, 3.8) is 0 Å².